The van der Waals surface area contributed by atoms with Crippen LogP contribution in [0.25, 0.3) is 22.0 Å². The second kappa shape index (κ2) is 8.38. The number of hydrogen-bond donors (Lipinski definition) is 2. The number of imide groups is 1. The molecule has 33 heavy (non-hydrogen) atoms. The van der Waals surface area contributed by atoms with Crippen LogP contribution in [0.1, 0.15) is 33.1 Å². The standard InChI is InChI=1S/C25H24N4O4/c1-13-6-7-18(27-25(32)28-23(30)20-9-15(3)33-16(20)4)11-19(13)21-10-17-12-26-14(2)8-22(17)29(5)24(21)31/h6-12H,1-5H3,(H2,27,28,30,32). The molecule has 0 radical (unpaired) electrons. The molecule has 3 aromatic heterocycles. The number of hydrogen-bond acceptors (Lipinski definition) is 5. The third kappa shape index (κ3) is 4.27. The molecular formula is C25H24N4O4. The van der Waals surface area contributed by atoms with Crippen molar-refractivity contribution in [3.63, 3.8) is 0 Å². The van der Waals surface area contributed by atoms with Gasteiger partial charge in [0, 0.05) is 35.6 Å². The van der Waals surface area contributed by atoms with E-state index in [9.17, 15) is 14.4 Å². The molecule has 3 heterocycles. The number of anilines is 1. The Morgan fingerprint density at radius 1 is 1.00 bits per heavy atom. The summed E-state index contributed by atoms with van der Waals surface area (Å²) in [6, 6.07) is 9.82. The van der Waals surface area contributed by atoms with E-state index >= 15 is 0 Å². The van der Waals surface area contributed by atoms with Crippen LogP contribution >= 0.6 is 0 Å². The van der Waals surface area contributed by atoms with E-state index in [1.165, 1.54) is 0 Å². The maximum atomic E-state index is 13.1. The summed E-state index contributed by atoms with van der Waals surface area (Å²) in [5, 5.41) is 5.80. The number of rotatable bonds is 3. The average Bonchev–Trinajstić information content (AvgIpc) is 3.10. The zero-order chi connectivity index (χ0) is 23.9. The zero-order valence-electron chi connectivity index (χ0n) is 19.1. The van der Waals surface area contributed by atoms with E-state index in [1.807, 2.05) is 32.0 Å². The van der Waals surface area contributed by atoms with Gasteiger partial charge in [0.25, 0.3) is 11.5 Å². The van der Waals surface area contributed by atoms with Crippen molar-refractivity contribution in [3.8, 4) is 11.1 Å². The molecule has 0 spiro atoms. The lowest BCUT2D eigenvalue weighted by Crippen LogP contribution is -2.34. The predicted octanol–water partition coefficient (Wildman–Crippen LogP) is 4.39. The molecule has 1 aromatic carbocycles. The van der Waals surface area contributed by atoms with Gasteiger partial charge in [-0.3, -0.25) is 19.9 Å². The first-order chi connectivity index (χ1) is 15.6. The number of furan rings is 1. The smallest absolute Gasteiger partial charge is 0.326 e. The van der Waals surface area contributed by atoms with Crippen molar-refractivity contribution in [1.82, 2.24) is 14.9 Å². The molecule has 0 saturated heterocycles. The topological polar surface area (TPSA) is 106 Å². The minimum Gasteiger partial charge on any atom is -0.466 e. The second-order valence-electron chi connectivity index (χ2n) is 8.07. The number of fused-ring (bicyclic) bond motifs is 1. The van der Waals surface area contributed by atoms with E-state index in [0.717, 1.165) is 22.2 Å². The van der Waals surface area contributed by atoms with E-state index in [4.69, 9.17) is 4.42 Å². The molecule has 168 valence electrons. The van der Waals surface area contributed by atoms with E-state index in [0.29, 0.717) is 33.9 Å². The monoisotopic (exact) mass is 444 g/mol. The van der Waals surface area contributed by atoms with Crippen LogP contribution in [-0.2, 0) is 7.05 Å². The van der Waals surface area contributed by atoms with Gasteiger partial charge in [0.15, 0.2) is 0 Å². The zero-order valence-corrected chi connectivity index (χ0v) is 19.1. The average molecular weight is 444 g/mol. The minimum absolute atomic E-state index is 0.154. The van der Waals surface area contributed by atoms with Crippen molar-refractivity contribution in [3.05, 3.63) is 81.3 Å². The first kappa shape index (κ1) is 22.0. The van der Waals surface area contributed by atoms with Crippen molar-refractivity contribution in [2.75, 3.05) is 5.32 Å². The number of nitrogens with one attached hydrogen (secondary N) is 2. The third-order valence-electron chi connectivity index (χ3n) is 5.54. The quantitative estimate of drug-likeness (QED) is 0.487. The van der Waals surface area contributed by atoms with Gasteiger partial charge in [0.05, 0.1) is 11.1 Å². The Kier molecular flexibility index (Phi) is 5.59. The van der Waals surface area contributed by atoms with Gasteiger partial charge in [0.1, 0.15) is 11.5 Å². The Bertz CT molecular complexity index is 1480. The molecule has 8 nitrogen and oxygen atoms in total. The molecule has 0 atom stereocenters. The summed E-state index contributed by atoms with van der Waals surface area (Å²) in [5.41, 5.74) is 4.28. The van der Waals surface area contributed by atoms with Crippen LogP contribution in [0.15, 0.2) is 51.8 Å². The van der Waals surface area contributed by atoms with E-state index in [-0.39, 0.29) is 5.56 Å². The summed E-state index contributed by atoms with van der Waals surface area (Å²) >= 11 is 0. The fourth-order valence-corrected chi connectivity index (χ4v) is 3.84. The highest BCUT2D eigenvalue weighted by molar-refractivity contribution is 6.08. The Labute approximate surface area is 190 Å². The number of pyridine rings is 2. The van der Waals surface area contributed by atoms with Gasteiger partial charge in [0.2, 0.25) is 0 Å². The number of nitrogens with zero attached hydrogens (tertiary/aromatic N) is 2. The maximum Gasteiger partial charge on any atom is 0.326 e. The number of urea groups is 1. The van der Waals surface area contributed by atoms with Gasteiger partial charge >= 0.3 is 6.03 Å². The van der Waals surface area contributed by atoms with Crippen LogP contribution in [0.2, 0.25) is 0 Å². The van der Waals surface area contributed by atoms with Crippen LogP contribution in [0.4, 0.5) is 10.5 Å². The van der Waals surface area contributed by atoms with E-state index < -0.39 is 11.9 Å². The summed E-state index contributed by atoms with van der Waals surface area (Å²) in [6.45, 7) is 7.16. The van der Waals surface area contributed by atoms with Crippen LogP contribution in [-0.4, -0.2) is 21.5 Å². The molecule has 0 fully saturated rings. The van der Waals surface area contributed by atoms with E-state index in [2.05, 4.69) is 15.6 Å². The number of amides is 3. The lowest BCUT2D eigenvalue weighted by Gasteiger charge is -2.13. The molecule has 8 heteroatoms. The van der Waals surface area contributed by atoms with Gasteiger partial charge in [-0.05, 0) is 69.2 Å². The number of aryl methyl sites for hydroxylation is 5. The summed E-state index contributed by atoms with van der Waals surface area (Å²) in [5.74, 6) is 0.469. The van der Waals surface area contributed by atoms with Gasteiger partial charge in [-0.15, -0.1) is 0 Å². The summed E-state index contributed by atoms with van der Waals surface area (Å²) in [6.07, 6.45) is 1.74. The molecule has 0 aliphatic heterocycles. The Morgan fingerprint density at radius 3 is 2.45 bits per heavy atom. The minimum atomic E-state index is -0.681. The van der Waals surface area contributed by atoms with Crippen molar-refractivity contribution < 1.29 is 14.0 Å². The highest BCUT2D eigenvalue weighted by Crippen LogP contribution is 2.27. The third-order valence-corrected chi connectivity index (χ3v) is 5.54. The van der Waals surface area contributed by atoms with Crippen LogP contribution < -0.4 is 16.2 Å². The summed E-state index contributed by atoms with van der Waals surface area (Å²) < 4.78 is 6.94. The van der Waals surface area contributed by atoms with Gasteiger partial charge < -0.3 is 14.3 Å². The van der Waals surface area contributed by atoms with Gasteiger partial charge in [-0.1, -0.05) is 6.07 Å². The molecule has 4 rings (SSSR count). The lowest BCUT2D eigenvalue weighted by molar-refractivity contribution is 0.0965. The van der Waals surface area contributed by atoms with Crippen LogP contribution in [0, 0.1) is 27.7 Å². The number of benzene rings is 1. The second-order valence-corrected chi connectivity index (χ2v) is 8.07. The molecule has 4 aromatic rings. The molecule has 0 unspecified atom stereocenters. The molecule has 2 N–H and O–H groups in total. The molecule has 0 aliphatic rings. The predicted molar refractivity (Wildman–Crippen MR) is 127 cm³/mol. The first-order valence-corrected chi connectivity index (χ1v) is 10.4. The Balaban J connectivity index is 1.63. The maximum absolute atomic E-state index is 13.1. The summed E-state index contributed by atoms with van der Waals surface area (Å²) in [4.78, 5) is 42.2. The first-order valence-electron chi connectivity index (χ1n) is 10.4. The highest BCUT2D eigenvalue weighted by Gasteiger charge is 2.17. The van der Waals surface area contributed by atoms with Crippen molar-refractivity contribution in [1.29, 1.82) is 0 Å². The molecule has 0 bridgehead atoms. The molecule has 0 aliphatic carbocycles. The normalized spacial score (nSPS) is 10.9. The van der Waals surface area contributed by atoms with Gasteiger partial charge in [-0.2, -0.15) is 0 Å². The molecular weight excluding hydrogens is 420 g/mol. The van der Waals surface area contributed by atoms with Crippen LogP contribution in [0.3, 0.4) is 0 Å². The number of carbonyl (C=O) groups excluding carboxylic acids is 2. The Morgan fingerprint density at radius 2 is 1.76 bits per heavy atom. The van der Waals surface area contributed by atoms with E-state index in [1.54, 1.807) is 49.9 Å². The highest BCUT2D eigenvalue weighted by atomic mass is 16.3. The molecule has 3 amide bonds. The van der Waals surface area contributed by atoms with Crippen molar-refractivity contribution >= 4 is 28.5 Å². The Hall–Kier alpha value is -4.20. The van der Waals surface area contributed by atoms with Gasteiger partial charge in [-0.25, -0.2) is 4.79 Å². The van der Waals surface area contributed by atoms with Crippen molar-refractivity contribution in [2.45, 2.75) is 27.7 Å². The van der Waals surface area contributed by atoms with Crippen molar-refractivity contribution in [2.24, 2.45) is 7.05 Å². The SMILES string of the molecule is Cc1cc2c(cn1)cc(-c1cc(NC(=O)NC(=O)c3cc(C)oc3C)ccc1C)c(=O)n2C. The largest absolute Gasteiger partial charge is 0.466 e. The summed E-state index contributed by atoms with van der Waals surface area (Å²) in [7, 11) is 1.73. The molecule has 0 saturated carbocycles. The number of aromatic nitrogens is 2. The lowest BCUT2D eigenvalue weighted by atomic mass is 9.99. The van der Waals surface area contributed by atoms with Crippen LogP contribution in [0.5, 0.6) is 0 Å². The number of carbonyl (C=O) groups is 2. The fraction of sp³-hybridized carbons (Fsp3) is 0.200. The fourth-order valence-electron chi connectivity index (χ4n) is 3.84.